The van der Waals surface area contributed by atoms with E-state index in [9.17, 15) is 9.90 Å². The van der Waals surface area contributed by atoms with Gasteiger partial charge in [0.05, 0.1) is 6.10 Å². The first kappa shape index (κ1) is 15.5. The molecule has 0 heterocycles. The van der Waals surface area contributed by atoms with Crippen LogP contribution < -0.4 is 4.74 Å². The van der Waals surface area contributed by atoms with E-state index in [1.54, 1.807) is 18.0 Å². The van der Waals surface area contributed by atoms with Gasteiger partial charge in [-0.2, -0.15) is 0 Å². The molecule has 106 valence electrons. The van der Waals surface area contributed by atoms with Gasteiger partial charge < -0.3 is 14.7 Å². The Hall–Kier alpha value is -1.55. The summed E-state index contributed by atoms with van der Waals surface area (Å²) in [5.74, 6) is 0.498. The van der Waals surface area contributed by atoms with Crippen LogP contribution in [0.25, 0.3) is 0 Å². The zero-order valence-electron chi connectivity index (χ0n) is 12.1. The van der Waals surface area contributed by atoms with Gasteiger partial charge in [0, 0.05) is 18.7 Å². The summed E-state index contributed by atoms with van der Waals surface area (Å²) in [4.78, 5) is 13.5. The van der Waals surface area contributed by atoms with Crippen LogP contribution in [0.5, 0.6) is 5.75 Å². The molecule has 0 saturated heterocycles. The number of hydrogen-bond acceptors (Lipinski definition) is 3. The maximum absolute atomic E-state index is 11.8. The number of amides is 1. The van der Waals surface area contributed by atoms with Crippen molar-refractivity contribution in [3.8, 4) is 5.75 Å². The van der Waals surface area contributed by atoms with E-state index >= 15 is 0 Å². The first-order chi connectivity index (χ1) is 8.97. The summed E-state index contributed by atoms with van der Waals surface area (Å²) >= 11 is 0. The normalized spacial score (nSPS) is 12.3. The molecule has 0 spiro atoms. The fraction of sp³-hybridized carbons (Fsp3) is 0.533. The van der Waals surface area contributed by atoms with E-state index in [1.807, 2.05) is 39.0 Å². The Morgan fingerprint density at radius 2 is 2.00 bits per heavy atom. The fourth-order valence-corrected chi connectivity index (χ4v) is 1.64. The molecule has 0 radical (unpaired) electrons. The number of likely N-dealkylation sites (N-methyl/N-ethyl adjacent to an activating group) is 1. The second-order valence-corrected chi connectivity index (χ2v) is 4.85. The minimum absolute atomic E-state index is 0.0118. The van der Waals surface area contributed by atoms with Gasteiger partial charge in [0.15, 0.2) is 6.61 Å². The van der Waals surface area contributed by atoms with Crippen molar-refractivity contribution >= 4 is 5.91 Å². The quantitative estimate of drug-likeness (QED) is 0.859. The molecule has 1 amide bonds. The van der Waals surface area contributed by atoms with Crippen molar-refractivity contribution < 1.29 is 14.6 Å². The van der Waals surface area contributed by atoms with Crippen LogP contribution in [0.1, 0.15) is 38.9 Å². The lowest BCUT2D eigenvalue weighted by atomic mass is 10.1. The summed E-state index contributed by atoms with van der Waals surface area (Å²) < 4.78 is 5.54. The summed E-state index contributed by atoms with van der Waals surface area (Å²) in [6.07, 6.45) is 0.0503. The molecule has 0 aliphatic carbocycles. The number of ether oxygens (including phenoxy) is 1. The Kier molecular flexibility index (Phi) is 5.83. The molecule has 0 aliphatic rings. The average molecular weight is 265 g/mol. The summed E-state index contributed by atoms with van der Waals surface area (Å²) in [5.41, 5.74) is 0.727. The highest BCUT2D eigenvalue weighted by molar-refractivity contribution is 5.77. The largest absolute Gasteiger partial charge is 0.483 e. The van der Waals surface area contributed by atoms with Gasteiger partial charge >= 0.3 is 0 Å². The van der Waals surface area contributed by atoms with E-state index in [4.69, 9.17) is 4.74 Å². The smallest absolute Gasteiger partial charge is 0.260 e. The van der Waals surface area contributed by atoms with Crippen LogP contribution in [-0.4, -0.2) is 35.6 Å². The topological polar surface area (TPSA) is 49.8 Å². The van der Waals surface area contributed by atoms with Crippen molar-refractivity contribution in [3.05, 3.63) is 29.8 Å². The molecule has 0 saturated carbocycles. The molecule has 1 atom stereocenters. The molecule has 4 heteroatoms. The third kappa shape index (κ3) is 4.24. The predicted molar refractivity (Wildman–Crippen MR) is 75.1 cm³/mol. The molecule has 1 rings (SSSR count). The molecule has 0 aliphatic heterocycles. The molecular formula is C15H23NO3. The molecule has 1 aromatic carbocycles. The monoisotopic (exact) mass is 265 g/mol. The first-order valence-corrected chi connectivity index (χ1v) is 6.62. The standard InChI is InChI=1S/C15H23NO3/c1-5-13(17)12-8-6-7-9-14(12)19-10-15(18)16(4)11(2)3/h6-9,11,13,17H,5,10H2,1-4H3. The van der Waals surface area contributed by atoms with E-state index in [0.29, 0.717) is 12.2 Å². The summed E-state index contributed by atoms with van der Waals surface area (Å²) in [7, 11) is 1.75. The van der Waals surface area contributed by atoms with Gasteiger partial charge in [-0.1, -0.05) is 25.1 Å². The van der Waals surface area contributed by atoms with Crippen molar-refractivity contribution in [1.29, 1.82) is 0 Å². The molecule has 1 unspecified atom stereocenters. The van der Waals surface area contributed by atoms with Crippen LogP contribution in [0.4, 0.5) is 0 Å². The van der Waals surface area contributed by atoms with E-state index in [0.717, 1.165) is 5.56 Å². The van der Waals surface area contributed by atoms with Gasteiger partial charge in [0.2, 0.25) is 0 Å². The lowest BCUT2D eigenvalue weighted by Gasteiger charge is -2.22. The maximum atomic E-state index is 11.8. The van der Waals surface area contributed by atoms with Crippen molar-refractivity contribution in [2.75, 3.05) is 13.7 Å². The second kappa shape index (κ2) is 7.14. The summed E-state index contributed by atoms with van der Waals surface area (Å²) in [6.45, 7) is 5.79. The van der Waals surface area contributed by atoms with Crippen LogP contribution in [0.3, 0.4) is 0 Å². The number of carbonyl (C=O) groups excluding carboxylic acids is 1. The third-order valence-corrected chi connectivity index (χ3v) is 3.18. The Balaban J connectivity index is 2.70. The lowest BCUT2D eigenvalue weighted by molar-refractivity contribution is -0.133. The van der Waals surface area contributed by atoms with E-state index in [2.05, 4.69) is 0 Å². The molecule has 19 heavy (non-hydrogen) atoms. The Morgan fingerprint density at radius 1 is 1.37 bits per heavy atom. The number of nitrogens with zero attached hydrogens (tertiary/aromatic N) is 1. The molecular weight excluding hydrogens is 242 g/mol. The number of hydrogen-bond donors (Lipinski definition) is 1. The Morgan fingerprint density at radius 3 is 2.58 bits per heavy atom. The number of aliphatic hydroxyl groups is 1. The van der Waals surface area contributed by atoms with Crippen LogP contribution in [-0.2, 0) is 4.79 Å². The molecule has 0 aromatic heterocycles. The first-order valence-electron chi connectivity index (χ1n) is 6.62. The number of para-hydroxylation sites is 1. The second-order valence-electron chi connectivity index (χ2n) is 4.85. The highest BCUT2D eigenvalue weighted by Gasteiger charge is 2.15. The van der Waals surface area contributed by atoms with Crippen molar-refractivity contribution in [2.45, 2.75) is 39.3 Å². The molecule has 1 N–H and O–H groups in total. The van der Waals surface area contributed by atoms with Crippen LogP contribution >= 0.6 is 0 Å². The minimum atomic E-state index is -0.561. The Labute approximate surface area is 115 Å². The van der Waals surface area contributed by atoms with Gasteiger partial charge in [0.1, 0.15) is 5.75 Å². The van der Waals surface area contributed by atoms with Gasteiger partial charge in [-0.3, -0.25) is 4.79 Å². The van der Waals surface area contributed by atoms with Crippen molar-refractivity contribution in [1.82, 2.24) is 4.90 Å². The fourth-order valence-electron chi connectivity index (χ4n) is 1.64. The zero-order valence-corrected chi connectivity index (χ0v) is 12.1. The van der Waals surface area contributed by atoms with Crippen LogP contribution in [0, 0.1) is 0 Å². The van der Waals surface area contributed by atoms with Gasteiger partial charge in [-0.25, -0.2) is 0 Å². The molecule has 0 bridgehead atoms. The van der Waals surface area contributed by atoms with Crippen LogP contribution in [0.2, 0.25) is 0 Å². The number of rotatable bonds is 6. The lowest BCUT2D eigenvalue weighted by Crippen LogP contribution is -2.36. The summed E-state index contributed by atoms with van der Waals surface area (Å²) in [6, 6.07) is 7.42. The van der Waals surface area contributed by atoms with E-state index < -0.39 is 6.10 Å². The SMILES string of the molecule is CCC(O)c1ccccc1OCC(=O)N(C)C(C)C. The maximum Gasteiger partial charge on any atom is 0.260 e. The minimum Gasteiger partial charge on any atom is -0.483 e. The highest BCUT2D eigenvalue weighted by Crippen LogP contribution is 2.26. The predicted octanol–water partition coefficient (Wildman–Crippen LogP) is 2.38. The molecule has 0 fully saturated rings. The van der Waals surface area contributed by atoms with E-state index in [1.165, 1.54) is 0 Å². The van der Waals surface area contributed by atoms with E-state index in [-0.39, 0.29) is 18.6 Å². The third-order valence-electron chi connectivity index (χ3n) is 3.18. The zero-order chi connectivity index (χ0) is 14.4. The number of carbonyl (C=O) groups is 1. The van der Waals surface area contributed by atoms with Gasteiger partial charge in [-0.05, 0) is 26.3 Å². The number of aliphatic hydroxyl groups excluding tert-OH is 1. The summed E-state index contributed by atoms with van der Waals surface area (Å²) in [5, 5.41) is 9.90. The van der Waals surface area contributed by atoms with Crippen molar-refractivity contribution in [3.63, 3.8) is 0 Å². The average Bonchev–Trinajstić information content (AvgIpc) is 2.43. The number of benzene rings is 1. The van der Waals surface area contributed by atoms with Gasteiger partial charge in [0.25, 0.3) is 5.91 Å². The van der Waals surface area contributed by atoms with Crippen molar-refractivity contribution in [2.24, 2.45) is 0 Å². The molecule has 1 aromatic rings. The highest BCUT2D eigenvalue weighted by atomic mass is 16.5. The Bertz CT molecular complexity index is 418. The van der Waals surface area contributed by atoms with Crippen LogP contribution in [0.15, 0.2) is 24.3 Å². The molecule has 4 nitrogen and oxygen atoms in total. The van der Waals surface area contributed by atoms with Gasteiger partial charge in [-0.15, -0.1) is 0 Å².